The molecule has 10 heteroatoms. The molecule has 3 heterocycles. The molecule has 7 nitrogen and oxygen atoms in total. The van der Waals surface area contributed by atoms with Gasteiger partial charge in [-0.1, -0.05) is 18.5 Å². The maximum atomic E-state index is 14.6. The predicted molar refractivity (Wildman–Crippen MR) is 130 cm³/mol. The third kappa shape index (κ3) is 5.22. The number of rotatable bonds is 8. The van der Waals surface area contributed by atoms with Crippen LogP contribution in [0.5, 0.6) is 5.75 Å². The lowest BCUT2D eigenvalue weighted by molar-refractivity contribution is 0.0165. The van der Waals surface area contributed by atoms with Crippen LogP contribution in [-0.2, 0) is 16.0 Å². The first-order chi connectivity index (χ1) is 16.9. The fourth-order valence-electron chi connectivity index (χ4n) is 4.84. The van der Waals surface area contributed by atoms with Crippen LogP contribution in [0.25, 0.3) is 0 Å². The molecular weight excluding hydrogens is 478 g/mol. The second-order valence-electron chi connectivity index (χ2n) is 9.50. The van der Waals surface area contributed by atoms with E-state index in [1.807, 2.05) is 6.92 Å². The van der Waals surface area contributed by atoms with Gasteiger partial charge in [0.25, 0.3) is 0 Å². The lowest BCUT2D eigenvalue weighted by Crippen LogP contribution is -2.50. The largest absolute Gasteiger partial charge is 0.488 e. The Labute approximate surface area is 208 Å². The van der Waals surface area contributed by atoms with Gasteiger partial charge >= 0.3 is 0 Å². The van der Waals surface area contributed by atoms with Gasteiger partial charge in [-0.05, 0) is 43.2 Å². The summed E-state index contributed by atoms with van der Waals surface area (Å²) in [6.07, 6.45) is 3.46. The van der Waals surface area contributed by atoms with Crippen LogP contribution >= 0.6 is 11.6 Å². The van der Waals surface area contributed by atoms with Gasteiger partial charge in [0.05, 0.1) is 17.7 Å². The van der Waals surface area contributed by atoms with Gasteiger partial charge in [-0.3, -0.25) is 0 Å². The van der Waals surface area contributed by atoms with Gasteiger partial charge in [-0.15, -0.1) is 0 Å². The molecule has 2 aliphatic heterocycles. The Balaban J connectivity index is 1.23. The summed E-state index contributed by atoms with van der Waals surface area (Å²) in [6, 6.07) is 4.09. The molecular formula is C25H29ClF2N4O3. The first-order valence-corrected chi connectivity index (χ1v) is 12.3. The van der Waals surface area contributed by atoms with Gasteiger partial charge < -0.3 is 24.8 Å². The van der Waals surface area contributed by atoms with Crippen LogP contribution in [0.2, 0.25) is 5.02 Å². The zero-order valence-electron chi connectivity index (χ0n) is 19.7. The monoisotopic (exact) mass is 506 g/mol. The number of nitrogens with one attached hydrogen (secondary N) is 2. The average molecular weight is 507 g/mol. The van der Waals surface area contributed by atoms with E-state index < -0.39 is 11.6 Å². The molecule has 188 valence electrons. The smallest absolute Gasteiger partial charge is 0.176 e. The Morgan fingerprint density at radius 3 is 2.74 bits per heavy atom. The molecule has 0 amide bonds. The average Bonchev–Trinajstić information content (AvgIpc) is 3.36. The van der Waals surface area contributed by atoms with Crippen molar-refractivity contribution in [3.05, 3.63) is 46.0 Å². The first kappa shape index (κ1) is 24.2. The Morgan fingerprint density at radius 1 is 1.26 bits per heavy atom. The number of aromatic nitrogens is 1. The van der Waals surface area contributed by atoms with Gasteiger partial charge in [0.2, 0.25) is 0 Å². The standard InChI is InChI=1S/C25H29ClF2N4O3/c1-13-5-19(26)25(30-10-18-20(27)6-15(7-21(18)28)35-16-8-29-9-16)32-24(13)31-12-34-22-4-3-17-14(2)11-33-23(17)22/h5-7,12,14,16-17,22-23,29H,3-4,8-11H2,1-2H3,(H,30,32)/t14?,17-,22?,23+/m1/s1. The van der Waals surface area contributed by atoms with Crippen molar-refractivity contribution in [2.24, 2.45) is 16.8 Å². The number of hydrogen-bond donors (Lipinski definition) is 2. The van der Waals surface area contributed by atoms with Crippen molar-refractivity contribution in [1.82, 2.24) is 10.3 Å². The van der Waals surface area contributed by atoms with E-state index in [1.165, 1.54) is 18.5 Å². The van der Waals surface area contributed by atoms with E-state index in [1.54, 1.807) is 6.07 Å². The number of hydrogen-bond acceptors (Lipinski definition) is 7. The minimum Gasteiger partial charge on any atom is -0.488 e. The summed E-state index contributed by atoms with van der Waals surface area (Å²) in [7, 11) is 0. The highest BCUT2D eigenvalue weighted by atomic mass is 35.5. The van der Waals surface area contributed by atoms with Gasteiger partial charge in [0.15, 0.2) is 12.2 Å². The number of aliphatic imine (C=N–C) groups is 1. The fraction of sp³-hybridized carbons (Fsp3) is 0.520. The highest BCUT2D eigenvalue weighted by Crippen LogP contribution is 2.40. The molecule has 1 aromatic carbocycles. The van der Waals surface area contributed by atoms with Crippen LogP contribution in [-0.4, -0.2) is 49.4 Å². The zero-order valence-corrected chi connectivity index (χ0v) is 20.4. The Morgan fingerprint density at radius 2 is 2.03 bits per heavy atom. The number of anilines is 1. The van der Waals surface area contributed by atoms with E-state index in [-0.39, 0.29) is 42.0 Å². The quantitative estimate of drug-likeness (QED) is 0.396. The molecule has 2 aromatic rings. The number of aryl methyl sites for hydroxylation is 1. The topological polar surface area (TPSA) is 77.0 Å². The summed E-state index contributed by atoms with van der Waals surface area (Å²) in [5.74, 6) is 0.545. The summed E-state index contributed by atoms with van der Waals surface area (Å²) in [6.45, 7) is 6.00. The number of ether oxygens (including phenoxy) is 3. The van der Waals surface area contributed by atoms with Gasteiger partial charge in [0, 0.05) is 37.3 Å². The van der Waals surface area contributed by atoms with E-state index in [9.17, 15) is 8.78 Å². The van der Waals surface area contributed by atoms with E-state index in [4.69, 9.17) is 25.8 Å². The third-order valence-corrected chi connectivity index (χ3v) is 7.29. The van der Waals surface area contributed by atoms with Crippen molar-refractivity contribution in [3.63, 3.8) is 0 Å². The molecule has 3 aliphatic rings. The first-order valence-electron chi connectivity index (χ1n) is 11.9. The minimum absolute atomic E-state index is 0.0163. The number of halogens is 3. The summed E-state index contributed by atoms with van der Waals surface area (Å²) < 4.78 is 46.5. The SMILES string of the molecule is Cc1cc(Cl)c(NCc2c(F)cc(OC3CNC3)cc2F)nc1N=COC1CC[C@@H]2C(C)CO[C@H]12. The summed E-state index contributed by atoms with van der Waals surface area (Å²) in [5, 5.41) is 6.29. The van der Waals surface area contributed by atoms with Crippen LogP contribution in [0.4, 0.5) is 20.4 Å². The molecule has 35 heavy (non-hydrogen) atoms. The van der Waals surface area contributed by atoms with Crippen LogP contribution in [0.15, 0.2) is 23.2 Å². The lowest BCUT2D eigenvalue weighted by atomic mass is 9.94. The Kier molecular flexibility index (Phi) is 7.09. The second-order valence-corrected chi connectivity index (χ2v) is 9.91. The molecule has 1 saturated carbocycles. The lowest BCUT2D eigenvalue weighted by Gasteiger charge is -2.28. The molecule has 2 unspecified atom stereocenters. The van der Waals surface area contributed by atoms with Crippen LogP contribution in [0, 0.1) is 30.4 Å². The summed E-state index contributed by atoms with van der Waals surface area (Å²) in [4.78, 5) is 8.80. The highest BCUT2D eigenvalue weighted by molar-refractivity contribution is 6.33. The van der Waals surface area contributed by atoms with Crippen molar-refractivity contribution in [2.45, 2.75) is 51.5 Å². The van der Waals surface area contributed by atoms with Gasteiger partial charge in [0.1, 0.15) is 35.4 Å². The number of benzene rings is 1. The zero-order chi connectivity index (χ0) is 24.5. The second kappa shape index (κ2) is 10.2. The van der Waals surface area contributed by atoms with Crippen molar-refractivity contribution < 1.29 is 23.0 Å². The third-order valence-electron chi connectivity index (χ3n) is 7.00. The van der Waals surface area contributed by atoms with Crippen molar-refractivity contribution in [3.8, 4) is 5.75 Å². The summed E-state index contributed by atoms with van der Waals surface area (Å²) in [5.41, 5.74) is 0.622. The molecule has 1 aliphatic carbocycles. The van der Waals surface area contributed by atoms with Crippen molar-refractivity contribution in [1.29, 1.82) is 0 Å². The molecule has 2 saturated heterocycles. The molecule has 2 N–H and O–H groups in total. The van der Waals surface area contributed by atoms with Crippen LogP contribution in [0.3, 0.4) is 0 Å². The molecule has 3 fully saturated rings. The molecule has 0 spiro atoms. The Bertz CT molecular complexity index is 1090. The van der Waals surface area contributed by atoms with Crippen LogP contribution in [0.1, 0.15) is 30.9 Å². The van der Waals surface area contributed by atoms with E-state index >= 15 is 0 Å². The normalized spacial score (nSPS) is 26.1. The maximum absolute atomic E-state index is 14.6. The number of nitrogens with zero attached hydrogens (tertiary/aromatic N) is 2. The predicted octanol–water partition coefficient (Wildman–Crippen LogP) is 4.77. The van der Waals surface area contributed by atoms with Crippen molar-refractivity contribution in [2.75, 3.05) is 25.0 Å². The van der Waals surface area contributed by atoms with Gasteiger partial charge in [-0.2, -0.15) is 0 Å². The van der Waals surface area contributed by atoms with E-state index in [2.05, 4.69) is 27.5 Å². The van der Waals surface area contributed by atoms with E-state index in [0.29, 0.717) is 35.8 Å². The molecule has 5 rings (SSSR count). The summed E-state index contributed by atoms with van der Waals surface area (Å²) >= 11 is 6.33. The van der Waals surface area contributed by atoms with Crippen molar-refractivity contribution >= 4 is 29.6 Å². The molecule has 4 atom stereocenters. The fourth-order valence-corrected chi connectivity index (χ4v) is 5.12. The Hall–Kier alpha value is -2.49. The number of fused-ring (bicyclic) bond motifs is 1. The highest BCUT2D eigenvalue weighted by Gasteiger charge is 2.45. The molecule has 1 aromatic heterocycles. The van der Waals surface area contributed by atoms with Crippen LogP contribution < -0.4 is 15.4 Å². The molecule has 0 radical (unpaired) electrons. The number of pyridine rings is 1. The van der Waals surface area contributed by atoms with E-state index in [0.717, 1.165) is 25.0 Å². The molecule has 0 bridgehead atoms. The maximum Gasteiger partial charge on any atom is 0.176 e. The van der Waals surface area contributed by atoms with Gasteiger partial charge in [-0.25, -0.2) is 18.8 Å². The minimum atomic E-state index is -0.701.